The zero-order valence-corrected chi connectivity index (χ0v) is 14.3. The van der Waals surface area contributed by atoms with Gasteiger partial charge in [0.2, 0.25) is 0 Å². The van der Waals surface area contributed by atoms with Crippen molar-refractivity contribution in [1.82, 2.24) is 5.32 Å². The molecule has 0 aromatic heterocycles. The quantitative estimate of drug-likeness (QED) is 0.752. The standard InChI is InChI=1S/C20H27NO2/c1-4-16(2)21-15-18-10-11-19(20(14-18)22-3)23-13-12-17-8-6-5-7-9-17/h5-11,14,16,21H,4,12-13,15H2,1-3H3/t16-/m1/s1. The van der Waals surface area contributed by atoms with Crippen molar-refractivity contribution in [1.29, 1.82) is 0 Å². The van der Waals surface area contributed by atoms with Gasteiger partial charge in [0, 0.05) is 19.0 Å². The zero-order chi connectivity index (χ0) is 16.5. The molecular formula is C20H27NO2. The van der Waals surface area contributed by atoms with Crippen molar-refractivity contribution in [2.24, 2.45) is 0 Å². The van der Waals surface area contributed by atoms with Crippen LogP contribution < -0.4 is 14.8 Å². The summed E-state index contributed by atoms with van der Waals surface area (Å²) in [4.78, 5) is 0. The maximum atomic E-state index is 5.89. The summed E-state index contributed by atoms with van der Waals surface area (Å²) in [6, 6.07) is 17.0. The third-order valence-corrected chi connectivity index (χ3v) is 3.99. The molecule has 124 valence electrons. The number of rotatable bonds is 9. The van der Waals surface area contributed by atoms with Crippen LogP contribution in [0.2, 0.25) is 0 Å². The largest absolute Gasteiger partial charge is 0.493 e. The fourth-order valence-corrected chi connectivity index (χ4v) is 2.30. The molecular weight excluding hydrogens is 286 g/mol. The normalized spacial score (nSPS) is 12.0. The van der Waals surface area contributed by atoms with Gasteiger partial charge in [0.1, 0.15) is 0 Å². The Bertz CT molecular complexity index is 583. The van der Waals surface area contributed by atoms with Crippen LogP contribution >= 0.6 is 0 Å². The van der Waals surface area contributed by atoms with E-state index in [0.717, 1.165) is 30.9 Å². The Balaban J connectivity index is 1.91. The predicted octanol–water partition coefficient (Wildman–Crippen LogP) is 4.20. The molecule has 0 aliphatic rings. The van der Waals surface area contributed by atoms with Crippen LogP contribution in [0.5, 0.6) is 11.5 Å². The highest BCUT2D eigenvalue weighted by Crippen LogP contribution is 2.28. The Morgan fingerprint density at radius 1 is 1.00 bits per heavy atom. The second-order valence-electron chi connectivity index (χ2n) is 5.76. The molecule has 0 saturated heterocycles. The van der Waals surface area contributed by atoms with E-state index in [1.807, 2.05) is 18.2 Å². The summed E-state index contributed by atoms with van der Waals surface area (Å²) < 4.78 is 11.4. The minimum absolute atomic E-state index is 0.516. The van der Waals surface area contributed by atoms with E-state index < -0.39 is 0 Å². The van der Waals surface area contributed by atoms with Gasteiger partial charge in [-0.1, -0.05) is 43.3 Å². The third-order valence-electron chi connectivity index (χ3n) is 3.99. The topological polar surface area (TPSA) is 30.5 Å². The highest BCUT2D eigenvalue weighted by atomic mass is 16.5. The summed E-state index contributed by atoms with van der Waals surface area (Å²) in [6.07, 6.45) is 2.01. The van der Waals surface area contributed by atoms with Crippen LogP contribution in [0.1, 0.15) is 31.4 Å². The van der Waals surface area contributed by atoms with Crippen molar-refractivity contribution in [3.05, 3.63) is 59.7 Å². The fraction of sp³-hybridized carbons (Fsp3) is 0.400. The second-order valence-corrected chi connectivity index (χ2v) is 5.76. The molecule has 0 aliphatic heterocycles. The summed E-state index contributed by atoms with van der Waals surface area (Å²) in [6.45, 7) is 5.86. The van der Waals surface area contributed by atoms with Gasteiger partial charge in [0.25, 0.3) is 0 Å². The number of methoxy groups -OCH3 is 1. The van der Waals surface area contributed by atoms with Crippen molar-refractivity contribution in [3.63, 3.8) is 0 Å². The summed E-state index contributed by atoms with van der Waals surface area (Å²) in [5.41, 5.74) is 2.48. The first-order chi connectivity index (χ1) is 11.2. The van der Waals surface area contributed by atoms with Gasteiger partial charge in [-0.25, -0.2) is 0 Å². The lowest BCUT2D eigenvalue weighted by molar-refractivity contribution is 0.297. The molecule has 1 N–H and O–H groups in total. The Morgan fingerprint density at radius 2 is 1.78 bits per heavy atom. The van der Waals surface area contributed by atoms with Gasteiger partial charge in [0.05, 0.1) is 13.7 Å². The number of benzene rings is 2. The van der Waals surface area contributed by atoms with Crippen molar-refractivity contribution in [3.8, 4) is 11.5 Å². The molecule has 2 rings (SSSR count). The minimum Gasteiger partial charge on any atom is -0.493 e. The second kappa shape index (κ2) is 9.21. The Kier molecular flexibility index (Phi) is 6.95. The Labute approximate surface area is 139 Å². The van der Waals surface area contributed by atoms with E-state index in [-0.39, 0.29) is 0 Å². The van der Waals surface area contributed by atoms with Gasteiger partial charge in [-0.15, -0.1) is 0 Å². The lowest BCUT2D eigenvalue weighted by atomic mass is 10.1. The van der Waals surface area contributed by atoms with E-state index in [0.29, 0.717) is 12.6 Å². The van der Waals surface area contributed by atoms with Crippen LogP contribution in [0.15, 0.2) is 48.5 Å². The third kappa shape index (κ3) is 5.61. The number of ether oxygens (including phenoxy) is 2. The van der Waals surface area contributed by atoms with Gasteiger partial charge in [0.15, 0.2) is 11.5 Å². The van der Waals surface area contributed by atoms with Gasteiger partial charge in [-0.05, 0) is 36.6 Å². The van der Waals surface area contributed by atoms with E-state index in [2.05, 4.69) is 49.5 Å². The maximum absolute atomic E-state index is 5.89. The molecule has 3 heteroatoms. The van der Waals surface area contributed by atoms with Crippen LogP contribution in [0.4, 0.5) is 0 Å². The molecule has 2 aromatic carbocycles. The van der Waals surface area contributed by atoms with Gasteiger partial charge >= 0.3 is 0 Å². The van der Waals surface area contributed by atoms with Gasteiger partial charge < -0.3 is 14.8 Å². The van der Waals surface area contributed by atoms with E-state index in [4.69, 9.17) is 9.47 Å². The van der Waals surface area contributed by atoms with Crippen LogP contribution in [0.3, 0.4) is 0 Å². The molecule has 1 atom stereocenters. The SMILES string of the molecule is CC[C@@H](C)NCc1ccc(OCCc2ccccc2)c(OC)c1. The van der Waals surface area contributed by atoms with E-state index in [1.54, 1.807) is 7.11 Å². The van der Waals surface area contributed by atoms with Crippen LogP contribution in [0.25, 0.3) is 0 Å². The number of hydrogen-bond donors (Lipinski definition) is 1. The molecule has 0 aliphatic carbocycles. The maximum Gasteiger partial charge on any atom is 0.161 e. The van der Waals surface area contributed by atoms with E-state index >= 15 is 0 Å². The Morgan fingerprint density at radius 3 is 2.48 bits per heavy atom. The van der Waals surface area contributed by atoms with Crippen molar-refractivity contribution in [2.75, 3.05) is 13.7 Å². The summed E-state index contributed by atoms with van der Waals surface area (Å²) in [5.74, 6) is 1.59. The van der Waals surface area contributed by atoms with Crippen LogP contribution in [-0.2, 0) is 13.0 Å². The highest BCUT2D eigenvalue weighted by molar-refractivity contribution is 5.43. The Hall–Kier alpha value is -2.00. The lowest BCUT2D eigenvalue weighted by Gasteiger charge is -2.14. The number of hydrogen-bond acceptors (Lipinski definition) is 3. The molecule has 23 heavy (non-hydrogen) atoms. The van der Waals surface area contributed by atoms with E-state index in [9.17, 15) is 0 Å². The molecule has 0 spiro atoms. The fourth-order valence-electron chi connectivity index (χ4n) is 2.30. The summed E-state index contributed by atoms with van der Waals surface area (Å²) >= 11 is 0. The number of nitrogens with one attached hydrogen (secondary N) is 1. The molecule has 2 aromatic rings. The first kappa shape index (κ1) is 17.4. The minimum atomic E-state index is 0.516. The smallest absolute Gasteiger partial charge is 0.161 e. The molecule has 0 saturated carbocycles. The monoisotopic (exact) mass is 313 g/mol. The summed E-state index contributed by atoms with van der Waals surface area (Å²) in [5, 5.41) is 3.49. The van der Waals surface area contributed by atoms with Crippen LogP contribution in [0, 0.1) is 0 Å². The zero-order valence-electron chi connectivity index (χ0n) is 14.3. The molecule has 0 bridgehead atoms. The average Bonchev–Trinajstić information content (AvgIpc) is 2.61. The van der Waals surface area contributed by atoms with Gasteiger partial charge in [-0.2, -0.15) is 0 Å². The summed E-state index contributed by atoms with van der Waals surface area (Å²) in [7, 11) is 1.69. The van der Waals surface area contributed by atoms with Crippen molar-refractivity contribution in [2.45, 2.75) is 39.3 Å². The highest BCUT2D eigenvalue weighted by Gasteiger charge is 2.07. The predicted molar refractivity (Wildman–Crippen MR) is 95.2 cm³/mol. The first-order valence-electron chi connectivity index (χ1n) is 8.30. The van der Waals surface area contributed by atoms with Gasteiger partial charge in [-0.3, -0.25) is 0 Å². The van der Waals surface area contributed by atoms with Crippen molar-refractivity contribution >= 4 is 0 Å². The lowest BCUT2D eigenvalue weighted by Crippen LogP contribution is -2.24. The molecule has 0 amide bonds. The molecule has 0 fully saturated rings. The van der Waals surface area contributed by atoms with E-state index in [1.165, 1.54) is 11.1 Å². The molecule has 0 radical (unpaired) electrons. The average molecular weight is 313 g/mol. The van der Waals surface area contributed by atoms with Crippen LogP contribution in [-0.4, -0.2) is 19.8 Å². The molecule has 0 heterocycles. The molecule has 0 unspecified atom stereocenters. The molecule has 3 nitrogen and oxygen atoms in total. The first-order valence-corrected chi connectivity index (χ1v) is 8.30. The van der Waals surface area contributed by atoms with Crippen molar-refractivity contribution < 1.29 is 9.47 Å².